The van der Waals surface area contributed by atoms with Gasteiger partial charge in [-0.2, -0.15) is 5.10 Å². The maximum atomic E-state index is 12.6. The van der Waals surface area contributed by atoms with Crippen LogP contribution >= 0.6 is 0 Å². The zero-order valence-electron chi connectivity index (χ0n) is 21.1. The van der Waals surface area contributed by atoms with Crippen LogP contribution in [0.25, 0.3) is 27.9 Å². The number of anilines is 3. The molecule has 7 nitrogen and oxygen atoms in total. The van der Waals surface area contributed by atoms with Crippen molar-refractivity contribution in [2.24, 2.45) is 5.73 Å². The second-order valence-corrected chi connectivity index (χ2v) is 9.14. The van der Waals surface area contributed by atoms with Crippen LogP contribution in [0.3, 0.4) is 0 Å². The van der Waals surface area contributed by atoms with Gasteiger partial charge in [0.25, 0.3) is 5.91 Å². The number of nitrogens with two attached hydrogens (primary N) is 1. The number of carbonyl (C=O) groups is 1. The smallest absolute Gasteiger partial charge is 0.255 e. The van der Waals surface area contributed by atoms with Gasteiger partial charge in [-0.15, -0.1) is 0 Å². The average Bonchev–Trinajstić information content (AvgIpc) is 3.48. The fourth-order valence-corrected chi connectivity index (χ4v) is 4.41. The summed E-state index contributed by atoms with van der Waals surface area (Å²) in [5.74, 6) is 0.416. The van der Waals surface area contributed by atoms with Gasteiger partial charge in [-0.3, -0.25) is 4.79 Å². The predicted molar refractivity (Wildman–Crippen MR) is 156 cm³/mol. The first-order chi connectivity index (χ1) is 19.2. The monoisotopic (exact) mass is 510 g/mol. The van der Waals surface area contributed by atoms with E-state index in [9.17, 15) is 4.79 Å². The van der Waals surface area contributed by atoms with Crippen LogP contribution in [0.2, 0.25) is 0 Å². The summed E-state index contributed by atoms with van der Waals surface area (Å²) in [5.41, 5.74) is 13.8. The molecule has 2 aromatic heterocycles. The highest BCUT2D eigenvalue weighted by atomic mass is 16.1. The van der Waals surface area contributed by atoms with Crippen molar-refractivity contribution in [1.82, 2.24) is 14.6 Å². The molecule has 0 radical (unpaired) electrons. The fraction of sp³-hybridized carbons (Fsp3) is 0.0312. The Morgan fingerprint density at radius 1 is 0.744 bits per heavy atom. The minimum atomic E-state index is -0.176. The second-order valence-electron chi connectivity index (χ2n) is 9.14. The van der Waals surface area contributed by atoms with Gasteiger partial charge >= 0.3 is 0 Å². The summed E-state index contributed by atoms with van der Waals surface area (Å²) in [6.07, 6.45) is 1.76. The minimum absolute atomic E-state index is 0.176. The molecule has 0 saturated carbocycles. The topological polar surface area (TPSA) is 97.3 Å². The average molecular weight is 511 g/mol. The summed E-state index contributed by atoms with van der Waals surface area (Å²) < 4.78 is 1.77. The lowest BCUT2D eigenvalue weighted by molar-refractivity contribution is 0.102. The number of aromatic nitrogens is 3. The van der Waals surface area contributed by atoms with E-state index >= 15 is 0 Å². The number of nitrogens with zero attached hydrogens (tertiary/aromatic N) is 3. The van der Waals surface area contributed by atoms with Crippen LogP contribution in [0.5, 0.6) is 0 Å². The lowest BCUT2D eigenvalue weighted by Crippen LogP contribution is -2.12. The van der Waals surface area contributed by atoms with E-state index in [2.05, 4.69) is 46.1 Å². The van der Waals surface area contributed by atoms with Crippen LogP contribution < -0.4 is 16.4 Å². The van der Waals surface area contributed by atoms with Crippen molar-refractivity contribution in [2.45, 2.75) is 6.54 Å². The molecule has 0 fully saturated rings. The number of carbonyl (C=O) groups excluding carboxylic acids is 1. The van der Waals surface area contributed by atoms with Crippen LogP contribution in [0.4, 0.5) is 17.3 Å². The first-order valence-electron chi connectivity index (χ1n) is 12.6. The van der Waals surface area contributed by atoms with Gasteiger partial charge in [-0.1, -0.05) is 60.7 Å². The van der Waals surface area contributed by atoms with Gasteiger partial charge in [0.05, 0.1) is 17.4 Å². The number of hydrogen-bond donors (Lipinski definition) is 3. The fourth-order valence-electron chi connectivity index (χ4n) is 4.41. The highest BCUT2D eigenvalue weighted by molar-refractivity contribution is 6.04. The minimum Gasteiger partial charge on any atom is -0.326 e. The maximum Gasteiger partial charge on any atom is 0.255 e. The summed E-state index contributed by atoms with van der Waals surface area (Å²) in [7, 11) is 0. The van der Waals surface area contributed by atoms with Gasteiger partial charge in [-0.25, -0.2) is 9.50 Å². The summed E-state index contributed by atoms with van der Waals surface area (Å²) in [6.45, 7) is 0.443. The van der Waals surface area contributed by atoms with Gasteiger partial charge in [0.2, 0.25) is 5.95 Å². The molecule has 0 atom stereocenters. The van der Waals surface area contributed by atoms with E-state index in [1.807, 2.05) is 72.8 Å². The summed E-state index contributed by atoms with van der Waals surface area (Å²) in [6, 6.07) is 37.4. The van der Waals surface area contributed by atoms with Gasteiger partial charge in [0.1, 0.15) is 0 Å². The van der Waals surface area contributed by atoms with E-state index in [0.717, 1.165) is 39.2 Å². The third-order valence-corrected chi connectivity index (χ3v) is 6.50. The molecule has 6 aromatic rings. The van der Waals surface area contributed by atoms with Crippen LogP contribution in [0.15, 0.2) is 121 Å². The van der Waals surface area contributed by atoms with E-state index in [-0.39, 0.29) is 5.91 Å². The third-order valence-electron chi connectivity index (χ3n) is 6.50. The molecule has 4 N–H and O–H groups in total. The molecule has 39 heavy (non-hydrogen) atoms. The van der Waals surface area contributed by atoms with Crippen LogP contribution in [0, 0.1) is 0 Å². The molecule has 0 bridgehead atoms. The van der Waals surface area contributed by atoms with Gasteiger partial charge in [-0.05, 0) is 71.3 Å². The Bertz CT molecular complexity index is 1740. The molecule has 2 heterocycles. The number of nitrogens with one attached hydrogen (secondary N) is 2. The number of fused-ring (bicyclic) bond motifs is 1. The Balaban J connectivity index is 1.24. The van der Waals surface area contributed by atoms with E-state index in [1.165, 1.54) is 0 Å². The lowest BCUT2D eigenvalue weighted by Gasteiger charge is -2.12. The molecule has 0 aliphatic rings. The van der Waals surface area contributed by atoms with E-state index in [0.29, 0.717) is 23.7 Å². The Kier molecular flexibility index (Phi) is 6.55. The largest absolute Gasteiger partial charge is 0.326 e. The molecular weight excluding hydrogens is 484 g/mol. The maximum absolute atomic E-state index is 12.6. The van der Waals surface area contributed by atoms with Crippen molar-refractivity contribution in [2.75, 3.05) is 10.6 Å². The Labute approximate surface area is 226 Å². The first-order valence-corrected chi connectivity index (χ1v) is 12.6. The van der Waals surface area contributed by atoms with E-state index in [1.54, 1.807) is 22.8 Å². The molecule has 0 saturated heterocycles. The molecule has 4 aromatic carbocycles. The Morgan fingerprint density at radius 3 is 2.23 bits per heavy atom. The van der Waals surface area contributed by atoms with Crippen LogP contribution in [-0.2, 0) is 6.54 Å². The predicted octanol–water partition coefficient (Wildman–Crippen LogP) is 6.52. The van der Waals surface area contributed by atoms with Crippen molar-refractivity contribution in [3.8, 4) is 22.4 Å². The molecule has 6 rings (SSSR count). The molecule has 0 spiro atoms. The summed E-state index contributed by atoms with van der Waals surface area (Å²) in [5, 5.41) is 10.8. The Hall–Kier alpha value is -5.27. The highest BCUT2D eigenvalue weighted by Crippen LogP contribution is 2.28. The van der Waals surface area contributed by atoms with Crippen molar-refractivity contribution >= 4 is 28.7 Å². The normalized spacial score (nSPS) is 10.9. The van der Waals surface area contributed by atoms with Gasteiger partial charge in [0, 0.05) is 29.0 Å². The number of rotatable bonds is 7. The SMILES string of the molecule is NCc1ccc(C(=O)Nc2ccc(Nc3nc(-c4cccc(-c5ccccc5)c4)cc4ccnn34)cc2)cc1. The van der Waals surface area contributed by atoms with Gasteiger partial charge in [0.15, 0.2) is 0 Å². The lowest BCUT2D eigenvalue weighted by atomic mass is 10.0. The molecule has 190 valence electrons. The molecule has 0 unspecified atom stereocenters. The van der Waals surface area contributed by atoms with Crippen molar-refractivity contribution in [1.29, 1.82) is 0 Å². The quantitative estimate of drug-likeness (QED) is 0.227. The number of hydrogen-bond acceptors (Lipinski definition) is 5. The zero-order chi connectivity index (χ0) is 26.6. The van der Waals surface area contributed by atoms with Gasteiger partial charge < -0.3 is 16.4 Å². The first kappa shape index (κ1) is 24.1. The molecule has 7 heteroatoms. The molecule has 1 amide bonds. The Morgan fingerprint density at radius 2 is 1.46 bits per heavy atom. The van der Waals surface area contributed by atoms with E-state index in [4.69, 9.17) is 10.7 Å². The zero-order valence-corrected chi connectivity index (χ0v) is 21.1. The van der Waals surface area contributed by atoms with Crippen molar-refractivity contribution in [3.63, 3.8) is 0 Å². The second kappa shape index (κ2) is 10.6. The molecule has 0 aliphatic heterocycles. The standard InChI is InChI=1S/C32H26N6O/c33-21-22-9-11-24(12-10-22)31(39)35-27-13-15-28(16-14-27)36-32-37-30(20-29-17-18-34-38(29)32)26-8-4-7-25(19-26)23-5-2-1-3-6-23/h1-20H,21,33H2,(H,35,39)(H,36,37). The molecule has 0 aliphatic carbocycles. The molecular formula is C32H26N6O. The van der Waals surface area contributed by atoms with Crippen LogP contribution in [-0.4, -0.2) is 20.5 Å². The van der Waals surface area contributed by atoms with E-state index < -0.39 is 0 Å². The van der Waals surface area contributed by atoms with Crippen molar-refractivity contribution < 1.29 is 4.79 Å². The highest BCUT2D eigenvalue weighted by Gasteiger charge is 2.11. The summed E-state index contributed by atoms with van der Waals surface area (Å²) >= 11 is 0. The number of amides is 1. The van der Waals surface area contributed by atoms with Crippen LogP contribution in [0.1, 0.15) is 15.9 Å². The third kappa shape index (κ3) is 5.25. The summed E-state index contributed by atoms with van der Waals surface area (Å²) in [4.78, 5) is 17.5. The number of benzene rings is 4. The van der Waals surface area contributed by atoms with Crippen molar-refractivity contribution in [3.05, 3.63) is 133 Å².